The van der Waals surface area contributed by atoms with Crippen molar-refractivity contribution in [3.8, 4) is 0 Å². The second kappa shape index (κ2) is 5.60. The van der Waals surface area contributed by atoms with Gasteiger partial charge in [0.15, 0.2) is 4.21 Å². The van der Waals surface area contributed by atoms with Gasteiger partial charge in [0.25, 0.3) is 10.0 Å². The van der Waals surface area contributed by atoms with E-state index < -0.39 is 10.0 Å². The Labute approximate surface area is 130 Å². The Morgan fingerprint density at radius 2 is 2.10 bits per heavy atom. The predicted molar refractivity (Wildman–Crippen MR) is 84.5 cm³/mol. The summed E-state index contributed by atoms with van der Waals surface area (Å²) in [7, 11) is -3.68. The number of fused-ring (bicyclic) bond motifs is 1. The van der Waals surface area contributed by atoms with Crippen molar-refractivity contribution in [3.05, 3.63) is 45.2 Å². The summed E-state index contributed by atoms with van der Waals surface area (Å²) in [6, 6.07) is 7.56. The van der Waals surface area contributed by atoms with E-state index in [9.17, 15) is 13.2 Å². The van der Waals surface area contributed by atoms with Crippen LogP contribution in [0.3, 0.4) is 0 Å². The number of aromatic nitrogens is 1. The van der Waals surface area contributed by atoms with Gasteiger partial charge >= 0.3 is 4.87 Å². The molecule has 0 fully saturated rings. The van der Waals surface area contributed by atoms with E-state index in [2.05, 4.69) is 9.71 Å². The van der Waals surface area contributed by atoms with E-state index in [1.54, 1.807) is 18.7 Å². The molecule has 0 amide bonds. The lowest BCUT2D eigenvalue weighted by Crippen LogP contribution is -2.30. The molecule has 0 saturated carbocycles. The molecule has 0 aliphatic carbocycles. The normalized spacial score (nSPS) is 18.4. The molecule has 2 aromatic rings. The topological polar surface area (TPSA) is 79.0 Å². The molecule has 0 radical (unpaired) electrons. The number of H-pyrrole nitrogens is 1. The number of thioether (sulfide) groups is 1. The minimum atomic E-state index is -3.68. The van der Waals surface area contributed by atoms with Gasteiger partial charge in [-0.25, -0.2) is 13.1 Å². The summed E-state index contributed by atoms with van der Waals surface area (Å²) in [5.41, 5.74) is 1.38. The zero-order chi connectivity index (χ0) is 15.0. The fourth-order valence-electron chi connectivity index (χ4n) is 2.35. The molecule has 112 valence electrons. The van der Waals surface area contributed by atoms with Crippen molar-refractivity contribution in [1.29, 1.82) is 0 Å². The third-order valence-corrected chi connectivity index (χ3v) is 7.48. The van der Waals surface area contributed by atoms with E-state index in [-0.39, 0.29) is 15.1 Å². The highest BCUT2D eigenvalue weighted by molar-refractivity contribution is 7.99. The maximum atomic E-state index is 12.5. The minimum Gasteiger partial charge on any atom is -0.315 e. The van der Waals surface area contributed by atoms with Crippen molar-refractivity contribution in [3.63, 3.8) is 0 Å². The number of aromatic amines is 1. The van der Waals surface area contributed by atoms with Gasteiger partial charge in [0, 0.05) is 16.6 Å². The third kappa shape index (κ3) is 2.94. The number of hydrogen-bond donors (Lipinski definition) is 2. The highest BCUT2D eigenvalue weighted by atomic mass is 32.2. The molecule has 1 aromatic carbocycles. The van der Waals surface area contributed by atoms with Crippen LogP contribution >= 0.6 is 23.1 Å². The Kier molecular flexibility index (Phi) is 3.96. The van der Waals surface area contributed by atoms with Crippen molar-refractivity contribution in [2.24, 2.45) is 0 Å². The highest BCUT2D eigenvalue weighted by Gasteiger charge is 2.28. The molecular formula is C13H14N2O3S3. The fraction of sp³-hybridized carbons (Fsp3) is 0.308. The summed E-state index contributed by atoms with van der Waals surface area (Å²) in [4.78, 5) is 14.6. The van der Waals surface area contributed by atoms with Gasteiger partial charge in [-0.1, -0.05) is 29.5 Å². The first-order chi connectivity index (χ1) is 9.97. The summed E-state index contributed by atoms with van der Waals surface area (Å²) in [5.74, 6) is 0.868. The van der Waals surface area contributed by atoms with E-state index >= 15 is 0 Å². The molecule has 0 saturated heterocycles. The van der Waals surface area contributed by atoms with Crippen LogP contribution in [0, 0.1) is 6.92 Å². The van der Waals surface area contributed by atoms with Gasteiger partial charge < -0.3 is 4.98 Å². The Morgan fingerprint density at radius 1 is 1.33 bits per heavy atom. The van der Waals surface area contributed by atoms with Gasteiger partial charge in [0.2, 0.25) is 0 Å². The van der Waals surface area contributed by atoms with Gasteiger partial charge in [-0.05, 0) is 30.7 Å². The second-order valence-electron chi connectivity index (χ2n) is 4.78. The smallest absolute Gasteiger partial charge is 0.305 e. The van der Waals surface area contributed by atoms with Gasteiger partial charge in [0.1, 0.15) is 0 Å². The summed E-state index contributed by atoms with van der Waals surface area (Å²) in [6.45, 7) is 1.59. The summed E-state index contributed by atoms with van der Waals surface area (Å²) < 4.78 is 27.8. The molecule has 3 rings (SSSR count). The van der Waals surface area contributed by atoms with Crippen LogP contribution in [0.25, 0.3) is 0 Å². The summed E-state index contributed by atoms with van der Waals surface area (Å²) in [5, 5.41) is 0. The van der Waals surface area contributed by atoms with Crippen LogP contribution in [0.5, 0.6) is 0 Å². The van der Waals surface area contributed by atoms with Crippen LogP contribution < -0.4 is 9.60 Å². The van der Waals surface area contributed by atoms with Gasteiger partial charge in [-0.15, -0.1) is 11.8 Å². The molecule has 0 bridgehead atoms. The van der Waals surface area contributed by atoms with E-state index in [0.29, 0.717) is 5.69 Å². The first-order valence-corrected chi connectivity index (χ1v) is 9.69. The zero-order valence-electron chi connectivity index (χ0n) is 11.3. The van der Waals surface area contributed by atoms with Crippen LogP contribution in [-0.2, 0) is 10.0 Å². The molecule has 2 heterocycles. The maximum absolute atomic E-state index is 12.5. The fourth-order valence-corrected chi connectivity index (χ4v) is 6.04. The van der Waals surface area contributed by atoms with Crippen molar-refractivity contribution in [2.75, 3.05) is 5.75 Å². The van der Waals surface area contributed by atoms with Crippen molar-refractivity contribution >= 4 is 33.1 Å². The highest BCUT2D eigenvalue weighted by Crippen LogP contribution is 2.36. The lowest BCUT2D eigenvalue weighted by Gasteiger charge is -2.25. The van der Waals surface area contributed by atoms with Crippen LogP contribution in [0.4, 0.5) is 0 Å². The number of nitrogens with one attached hydrogen (secondary N) is 2. The number of thiazole rings is 1. The Balaban J connectivity index is 1.94. The summed E-state index contributed by atoms with van der Waals surface area (Å²) >= 11 is 2.46. The molecule has 2 N–H and O–H groups in total. The Bertz CT molecular complexity index is 823. The monoisotopic (exact) mass is 342 g/mol. The maximum Gasteiger partial charge on any atom is 0.305 e. The van der Waals surface area contributed by atoms with Crippen molar-refractivity contribution in [1.82, 2.24) is 9.71 Å². The molecule has 0 spiro atoms. The van der Waals surface area contributed by atoms with Crippen molar-refractivity contribution in [2.45, 2.75) is 28.5 Å². The first kappa shape index (κ1) is 14.8. The Morgan fingerprint density at radius 3 is 2.81 bits per heavy atom. The third-order valence-electron chi connectivity index (χ3n) is 3.28. The van der Waals surface area contributed by atoms with Crippen molar-refractivity contribution < 1.29 is 8.42 Å². The van der Waals surface area contributed by atoms with Gasteiger partial charge in [-0.2, -0.15) is 0 Å². The van der Waals surface area contributed by atoms with E-state index in [4.69, 9.17) is 0 Å². The van der Waals surface area contributed by atoms with Crippen LogP contribution in [0.1, 0.15) is 23.7 Å². The SMILES string of the molecule is Cc1[nH]c(=O)sc1S(=O)(=O)NC1CCSc2ccccc21. The molecule has 1 atom stereocenters. The molecular weight excluding hydrogens is 328 g/mol. The van der Waals surface area contributed by atoms with Crippen LogP contribution in [-0.4, -0.2) is 19.2 Å². The average molecular weight is 342 g/mol. The van der Waals surface area contributed by atoms with Gasteiger partial charge in [-0.3, -0.25) is 4.79 Å². The molecule has 21 heavy (non-hydrogen) atoms. The molecule has 8 heteroatoms. The molecule has 1 aromatic heterocycles. The zero-order valence-corrected chi connectivity index (χ0v) is 13.7. The molecule has 1 unspecified atom stereocenters. The van der Waals surface area contributed by atoms with Crippen LogP contribution in [0.15, 0.2) is 38.2 Å². The number of rotatable bonds is 3. The van der Waals surface area contributed by atoms with E-state index in [1.807, 2.05) is 24.3 Å². The van der Waals surface area contributed by atoms with E-state index in [0.717, 1.165) is 34.0 Å². The van der Waals surface area contributed by atoms with E-state index in [1.165, 1.54) is 0 Å². The predicted octanol–water partition coefficient (Wildman–Crippen LogP) is 2.26. The molecule has 1 aliphatic heterocycles. The minimum absolute atomic E-state index is 0.0724. The number of aryl methyl sites for hydroxylation is 1. The van der Waals surface area contributed by atoms with Gasteiger partial charge in [0.05, 0.1) is 0 Å². The number of hydrogen-bond acceptors (Lipinski definition) is 5. The Hall–Kier alpha value is -1.09. The van der Waals surface area contributed by atoms with Crippen LogP contribution in [0.2, 0.25) is 0 Å². The molecule has 1 aliphatic rings. The number of sulfonamides is 1. The molecule has 5 nitrogen and oxygen atoms in total. The number of benzene rings is 1. The second-order valence-corrected chi connectivity index (χ2v) is 8.80. The quantitative estimate of drug-likeness (QED) is 0.897. The summed E-state index contributed by atoms with van der Waals surface area (Å²) in [6.07, 6.45) is 0.735. The first-order valence-electron chi connectivity index (χ1n) is 6.41. The standard InChI is InChI=1S/C13H14N2O3S3/c1-8-12(20-13(16)14-8)21(17,18)15-10-6-7-19-11-5-3-2-4-9(10)11/h2-5,10,15H,6-7H2,1H3,(H,14,16). The average Bonchev–Trinajstić information content (AvgIpc) is 2.79. The largest absolute Gasteiger partial charge is 0.315 e. The lowest BCUT2D eigenvalue weighted by molar-refractivity contribution is 0.547. The lowest BCUT2D eigenvalue weighted by atomic mass is 10.1.